The number of halogens is 3. The molecule has 2 aromatic rings. The van der Waals surface area contributed by atoms with Crippen molar-refractivity contribution in [3.05, 3.63) is 47.1 Å². The van der Waals surface area contributed by atoms with Gasteiger partial charge in [0.15, 0.2) is 29.8 Å². The Hall–Kier alpha value is -1.66. The summed E-state index contributed by atoms with van der Waals surface area (Å²) in [6.07, 6.45) is 3.04. The number of oxazole rings is 1. The molecule has 1 aliphatic rings. The lowest BCUT2D eigenvalue weighted by Crippen LogP contribution is -2.21. The second kappa shape index (κ2) is 5.99. The van der Waals surface area contributed by atoms with Crippen molar-refractivity contribution in [1.29, 1.82) is 0 Å². The number of hydrogen-bond donors (Lipinski definition) is 1. The van der Waals surface area contributed by atoms with E-state index in [1.807, 2.05) is 0 Å². The average molecular weight is 315 g/mol. The third-order valence-electron chi connectivity index (χ3n) is 3.51. The van der Waals surface area contributed by atoms with Gasteiger partial charge in [-0.1, -0.05) is 11.6 Å². The zero-order valence-electron chi connectivity index (χ0n) is 11.0. The van der Waals surface area contributed by atoms with E-state index in [4.69, 9.17) is 20.8 Å². The molecule has 3 rings (SSSR count). The standard InChI is InChI=1S/C14H13ClF2N2O2/c15-12-9(16)1-2-10(17)14(12)21-13(8-3-4-18-5-8)11-6-19-7-20-11/h1-2,6-8,13,18H,3-5H2/t8-,13+/m0/s1. The highest BCUT2D eigenvalue weighted by atomic mass is 35.5. The molecular weight excluding hydrogens is 302 g/mol. The summed E-state index contributed by atoms with van der Waals surface area (Å²) < 4.78 is 38.3. The fraction of sp³-hybridized carbons (Fsp3) is 0.357. The van der Waals surface area contributed by atoms with Crippen molar-refractivity contribution in [1.82, 2.24) is 10.3 Å². The molecule has 4 nitrogen and oxygen atoms in total. The van der Waals surface area contributed by atoms with Gasteiger partial charge in [-0.3, -0.25) is 0 Å². The normalized spacial score (nSPS) is 19.7. The molecule has 1 fully saturated rings. The molecule has 0 saturated carbocycles. The first-order chi connectivity index (χ1) is 10.2. The molecule has 7 heteroatoms. The van der Waals surface area contributed by atoms with Crippen molar-refractivity contribution in [3.63, 3.8) is 0 Å². The molecule has 1 aliphatic heterocycles. The van der Waals surface area contributed by atoms with E-state index in [0.29, 0.717) is 12.3 Å². The Morgan fingerprint density at radius 3 is 2.86 bits per heavy atom. The van der Waals surface area contributed by atoms with Crippen LogP contribution < -0.4 is 10.1 Å². The van der Waals surface area contributed by atoms with E-state index in [1.54, 1.807) is 0 Å². The summed E-state index contributed by atoms with van der Waals surface area (Å²) in [5, 5.41) is 2.83. The Morgan fingerprint density at radius 2 is 2.19 bits per heavy atom. The molecule has 0 aliphatic carbocycles. The van der Waals surface area contributed by atoms with Gasteiger partial charge in [0.1, 0.15) is 10.8 Å². The monoisotopic (exact) mass is 314 g/mol. The first-order valence-electron chi connectivity index (χ1n) is 6.56. The zero-order valence-corrected chi connectivity index (χ0v) is 11.7. The van der Waals surface area contributed by atoms with Crippen LogP contribution in [0.1, 0.15) is 18.3 Å². The van der Waals surface area contributed by atoms with Gasteiger partial charge < -0.3 is 14.5 Å². The van der Waals surface area contributed by atoms with Crippen molar-refractivity contribution in [2.75, 3.05) is 13.1 Å². The fourth-order valence-electron chi connectivity index (χ4n) is 2.43. The fourth-order valence-corrected chi connectivity index (χ4v) is 2.63. The summed E-state index contributed by atoms with van der Waals surface area (Å²) in [6.45, 7) is 1.53. The lowest BCUT2D eigenvalue weighted by molar-refractivity contribution is 0.114. The maximum atomic E-state index is 13.9. The highest BCUT2D eigenvalue weighted by Crippen LogP contribution is 2.37. The molecule has 0 amide bonds. The highest BCUT2D eigenvalue weighted by Gasteiger charge is 2.32. The number of aromatic nitrogens is 1. The Bertz CT molecular complexity index is 616. The number of rotatable bonds is 4. The van der Waals surface area contributed by atoms with Crippen molar-refractivity contribution in [2.24, 2.45) is 5.92 Å². The molecule has 21 heavy (non-hydrogen) atoms. The number of hydrogen-bond acceptors (Lipinski definition) is 4. The molecule has 0 unspecified atom stereocenters. The van der Waals surface area contributed by atoms with Crippen molar-refractivity contribution >= 4 is 11.6 Å². The van der Waals surface area contributed by atoms with E-state index >= 15 is 0 Å². The molecule has 1 aromatic carbocycles. The van der Waals surface area contributed by atoms with Crippen LogP contribution in [0.3, 0.4) is 0 Å². The van der Waals surface area contributed by atoms with E-state index < -0.39 is 17.7 Å². The molecule has 2 atom stereocenters. The second-order valence-corrected chi connectivity index (χ2v) is 5.25. The van der Waals surface area contributed by atoms with E-state index in [0.717, 1.165) is 25.1 Å². The Kier molecular flexibility index (Phi) is 4.07. The summed E-state index contributed by atoms with van der Waals surface area (Å²) in [7, 11) is 0. The Morgan fingerprint density at radius 1 is 1.38 bits per heavy atom. The van der Waals surface area contributed by atoms with Gasteiger partial charge in [0.25, 0.3) is 0 Å². The second-order valence-electron chi connectivity index (χ2n) is 4.87. The quantitative estimate of drug-likeness (QED) is 0.879. The van der Waals surface area contributed by atoms with Crippen LogP contribution in [-0.2, 0) is 0 Å². The van der Waals surface area contributed by atoms with Crippen molar-refractivity contribution in [3.8, 4) is 5.75 Å². The van der Waals surface area contributed by atoms with Gasteiger partial charge in [-0.05, 0) is 25.1 Å². The minimum atomic E-state index is -0.728. The van der Waals surface area contributed by atoms with Crippen LogP contribution in [0, 0.1) is 17.6 Å². The number of nitrogens with one attached hydrogen (secondary N) is 1. The van der Waals surface area contributed by atoms with Crippen molar-refractivity contribution in [2.45, 2.75) is 12.5 Å². The predicted molar refractivity (Wildman–Crippen MR) is 72.2 cm³/mol. The zero-order chi connectivity index (χ0) is 14.8. The van der Waals surface area contributed by atoms with Crippen molar-refractivity contribution < 1.29 is 17.9 Å². The van der Waals surface area contributed by atoms with Gasteiger partial charge in [-0.2, -0.15) is 0 Å². The summed E-state index contributed by atoms with van der Waals surface area (Å²) >= 11 is 5.81. The van der Waals surface area contributed by atoms with Crippen LogP contribution in [0.5, 0.6) is 5.75 Å². The summed E-state index contributed by atoms with van der Waals surface area (Å²) in [5.41, 5.74) is 0. The van der Waals surface area contributed by atoms with Gasteiger partial charge in [0.2, 0.25) is 0 Å². The molecule has 1 N–H and O–H groups in total. The van der Waals surface area contributed by atoms with Gasteiger partial charge in [-0.25, -0.2) is 13.8 Å². The highest BCUT2D eigenvalue weighted by molar-refractivity contribution is 6.32. The van der Waals surface area contributed by atoms with E-state index in [1.165, 1.54) is 12.6 Å². The number of benzene rings is 1. The van der Waals surface area contributed by atoms with Crippen LogP contribution >= 0.6 is 11.6 Å². The van der Waals surface area contributed by atoms with Gasteiger partial charge in [0, 0.05) is 12.5 Å². The van der Waals surface area contributed by atoms with Crippen LogP contribution in [-0.4, -0.2) is 18.1 Å². The minimum Gasteiger partial charge on any atom is -0.477 e. The molecule has 112 valence electrons. The molecule has 0 bridgehead atoms. The third-order valence-corrected chi connectivity index (χ3v) is 3.86. The molecule has 1 aromatic heterocycles. The first-order valence-corrected chi connectivity index (χ1v) is 6.94. The van der Waals surface area contributed by atoms with Crippen LogP contribution in [0.4, 0.5) is 8.78 Å². The summed E-state index contributed by atoms with van der Waals surface area (Å²) in [5.74, 6) is -1.21. The summed E-state index contributed by atoms with van der Waals surface area (Å²) in [6, 6.07) is 1.95. The minimum absolute atomic E-state index is 0.0664. The lowest BCUT2D eigenvalue weighted by Gasteiger charge is -2.23. The smallest absolute Gasteiger partial charge is 0.181 e. The predicted octanol–water partition coefficient (Wildman–Crippen LogP) is 3.34. The lowest BCUT2D eigenvalue weighted by atomic mass is 10.00. The van der Waals surface area contributed by atoms with E-state index in [2.05, 4.69) is 10.3 Å². The maximum Gasteiger partial charge on any atom is 0.181 e. The molecular formula is C14H13ClF2N2O2. The number of nitrogens with zero attached hydrogens (tertiary/aromatic N) is 1. The van der Waals surface area contributed by atoms with E-state index in [-0.39, 0.29) is 16.7 Å². The topological polar surface area (TPSA) is 47.3 Å². The van der Waals surface area contributed by atoms with Gasteiger partial charge in [-0.15, -0.1) is 0 Å². The maximum absolute atomic E-state index is 13.9. The van der Waals surface area contributed by atoms with Crippen LogP contribution in [0.15, 0.2) is 29.1 Å². The Labute approximate surface area is 125 Å². The molecule has 0 radical (unpaired) electrons. The average Bonchev–Trinajstić information content (AvgIpc) is 3.16. The third kappa shape index (κ3) is 2.87. The number of ether oxygens (including phenoxy) is 1. The first kappa shape index (κ1) is 14.3. The summed E-state index contributed by atoms with van der Waals surface area (Å²) in [4.78, 5) is 3.85. The van der Waals surface area contributed by atoms with Gasteiger partial charge in [0.05, 0.1) is 6.20 Å². The van der Waals surface area contributed by atoms with Gasteiger partial charge >= 0.3 is 0 Å². The Balaban J connectivity index is 1.93. The molecule has 0 spiro atoms. The molecule has 1 saturated heterocycles. The van der Waals surface area contributed by atoms with Crippen LogP contribution in [0.25, 0.3) is 0 Å². The largest absolute Gasteiger partial charge is 0.477 e. The van der Waals surface area contributed by atoms with Crippen LogP contribution in [0.2, 0.25) is 5.02 Å². The molecule has 2 heterocycles. The SMILES string of the molecule is Fc1ccc(F)c(O[C@@H](c2cnco2)[C@H]2CCNC2)c1Cl. The van der Waals surface area contributed by atoms with E-state index in [9.17, 15) is 8.78 Å².